The maximum absolute atomic E-state index is 12.4. The number of hydrogen-bond donors (Lipinski definition) is 0. The minimum absolute atomic E-state index is 0.0743. The first-order valence-corrected chi connectivity index (χ1v) is 6.38. The molecule has 0 aliphatic heterocycles. The van der Waals surface area contributed by atoms with E-state index >= 15 is 0 Å². The first kappa shape index (κ1) is 11.8. The second-order valence-corrected chi connectivity index (χ2v) is 4.76. The van der Waals surface area contributed by atoms with Gasteiger partial charge in [0.05, 0.1) is 12.2 Å². The Morgan fingerprint density at radius 2 is 2.16 bits per heavy atom. The second kappa shape index (κ2) is 4.80. The predicted molar refractivity (Wildman–Crippen MR) is 71.6 cm³/mol. The van der Waals surface area contributed by atoms with Crippen LogP contribution < -0.4 is 0 Å². The number of hydrogen-bond acceptors (Lipinski definition) is 3. The number of fused-ring (bicyclic) bond motifs is 1. The van der Waals surface area contributed by atoms with Gasteiger partial charge in [0.2, 0.25) is 0 Å². The van der Waals surface area contributed by atoms with Crippen molar-refractivity contribution in [3.8, 4) is 0 Å². The highest BCUT2D eigenvalue weighted by atomic mass is 16.2. The third-order valence-corrected chi connectivity index (χ3v) is 3.67. The number of carbonyl (C=O) groups is 1. The van der Waals surface area contributed by atoms with E-state index in [0.717, 1.165) is 12.8 Å². The number of nitrogens with zero attached hydrogens (tertiary/aromatic N) is 3. The Kier molecular flexibility index (Phi) is 2.99. The number of rotatable bonds is 2. The van der Waals surface area contributed by atoms with E-state index in [0.29, 0.717) is 5.69 Å². The average molecular weight is 253 g/mol. The van der Waals surface area contributed by atoms with Gasteiger partial charge >= 0.3 is 0 Å². The fourth-order valence-corrected chi connectivity index (χ4v) is 2.67. The molecular weight excluding hydrogens is 238 g/mol. The van der Waals surface area contributed by atoms with Gasteiger partial charge in [0, 0.05) is 19.4 Å². The molecule has 0 fully saturated rings. The first-order chi connectivity index (χ1) is 9.27. The molecule has 0 bridgehead atoms. The molecule has 96 valence electrons. The van der Waals surface area contributed by atoms with Gasteiger partial charge in [0.25, 0.3) is 5.91 Å². The summed E-state index contributed by atoms with van der Waals surface area (Å²) in [5.41, 5.74) is 2.99. The summed E-state index contributed by atoms with van der Waals surface area (Å²) in [5.74, 6) is -0.0743. The third-order valence-electron chi connectivity index (χ3n) is 3.67. The predicted octanol–water partition coefficient (Wildman–Crippen LogP) is 2.24. The standard InChI is InChI=1S/C15H15N3O/c1-18(15(19)13-10-16-8-9-17-13)14-7-6-11-4-2-3-5-12(11)14/h2-5,8-10,14H,6-7H2,1H3. The Hall–Kier alpha value is -2.23. The van der Waals surface area contributed by atoms with Gasteiger partial charge in [-0.05, 0) is 24.0 Å². The zero-order valence-corrected chi connectivity index (χ0v) is 10.8. The number of aryl methyl sites for hydroxylation is 1. The fourth-order valence-electron chi connectivity index (χ4n) is 2.67. The zero-order chi connectivity index (χ0) is 13.2. The highest BCUT2D eigenvalue weighted by Crippen LogP contribution is 2.35. The summed E-state index contributed by atoms with van der Waals surface area (Å²) in [4.78, 5) is 22.2. The molecule has 1 amide bonds. The van der Waals surface area contributed by atoms with Crippen molar-refractivity contribution in [2.75, 3.05) is 7.05 Å². The molecule has 0 N–H and O–H groups in total. The van der Waals surface area contributed by atoms with Crippen LogP contribution in [0, 0.1) is 0 Å². The van der Waals surface area contributed by atoms with Crippen molar-refractivity contribution in [1.29, 1.82) is 0 Å². The summed E-state index contributed by atoms with van der Waals surface area (Å²) in [7, 11) is 1.84. The van der Waals surface area contributed by atoms with Crippen LogP contribution >= 0.6 is 0 Å². The second-order valence-electron chi connectivity index (χ2n) is 4.76. The van der Waals surface area contributed by atoms with Crippen LogP contribution in [-0.2, 0) is 6.42 Å². The van der Waals surface area contributed by atoms with Gasteiger partial charge in [-0.3, -0.25) is 9.78 Å². The van der Waals surface area contributed by atoms with Gasteiger partial charge in [-0.2, -0.15) is 0 Å². The zero-order valence-electron chi connectivity index (χ0n) is 10.8. The molecule has 4 nitrogen and oxygen atoms in total. The summed E-state index contributed by atoms with van der Waals surface area (Å²) >= 11 is 0. The lowest BCUT2D eigenvalue weighted by Gasteiger charge is -2.25. The van der Waals surface area contributed by atoms with Crippen LogP contribution in [0.1, 0.15) is 34.1 Å². The summed E-state index contributed by atoms with van der Waals surface area (Å²) < 4.78 is 0. The van der Waals surface area contributed by atoms with Crippen LogP contribution in [0.15, 0.2) is 42.9 Å². The van der Waals surface area contributed by atoms with Crippen LogP contribution in [0.4, 0.5) is 0 Å². The normalized spacial score (nSPS) is 17.0. The van der Waals surface area contributed by atoms with Crippen molar-refractivity contribution in [2.45, 2.75) is 18.9 Å². The number of carbonyl (C=O) groups excluding carboxylic acids is 1. The third kappa shape index (κ3) is 2.10. The molecule has 0 spiro atoms. The molecule has 1 aromatic carbocycles. The number of aromatic nitrogens is 2. The van der Waals surface area contributed by atoms with E-state index in [9.17, 15) is 4.79 Å². The van der Waals surface area contributed by atoms with Gasteiger partial charge in [-0.25, -0.2) is 4.98 Å². The van der Waals surface area contributed by atoms with Crippen LogP contribution in [0.3, 0.4) is 0 Å². The molecule has 1 aliphatic rings. The van der Waals surface area contributed by atoms with Crippen LogP contribution in [0.2, 0.25) is 0 Å². The molecule has 4 heteroatoms. The van der Waals surface area contributed by atoms with E-state index in [1.54, 1.807) is 17.3 Å². The van der Waals surface area contributed by atoms with Crippen molar-refractivity contribution in [2.24, 2.45) is 0 Å². The van der Waals surface area contributed by atoms with Crippen LogP contribution in [-0.4, -0.2) is 27.8 Å². The number of benzene rings is 1. The van der Waals surface area contributed by atoms with E-state index in [4.69, 9.17) is 0 Å². The monoisotopic (exact) mass is 253 g/mol. The van der Waals surface area contributed by atoms with Gasteiger partial charge < -0.3 is 4.90 Å². The van der Waals surface area contributed by atoms with E-state index in [1.807, 2.05) is 19.2 Å². The lowest BCUT2D eigenvalue weighted by Crippen LogP contribution is -2.30. The van der Waals surface area contributed by atoms with E-state index in [-0.39, 0.29) is 11.9 Å². The lowest BCUT2D eigenvalue weighted by atomic mass is 10.1. The van der Waals surface area contributed by atoms with Crippen LogP contribution in [0.5, 0.6) is 0 Å². The summed E-state index contributed by atoms with van der Waals surface area (Å²) in [6.07, 6.45) is 6.63. The molecule has 2 aromatic rings. The Bertz CT molecular complexity index is 597. The molecule has 1 aromatic heterocycles. The molecule has 1 heterocycles. The Morgan fingerprint density at radius 3 is 2.95 bits per heavy atom. The SMILES string of the molecule is CN(C(=O)c1cnccn1)C1CCc2ccccc21. The lowest BCUT2D eigenvalue weighted by molar-refractivity contribution is 0.0724. The molecule has 3 rings (SSSR count). The van der Waals surface area contributed by atoms with Crippen molar-refractivity contribution in [3.63, 3.8) is 0 Å². The Balaban J connectivity index is 1.86. The molecule has 0 saturated carbocycles. The molecular formula is C15H15N3O. The van der Waals surface area contributed by atoms with Crippen LogP contribution in [0.25, 0.3) is 0 Å². The Labute approximate surface area is 112 Å². The maximum atomic E-state index is 12.4. The highest BCUT2D eigenvalue weighted by Gasteiger charge is 2.29. The maximum Gasteiger partial charge on any atom is 0.274 e. The van der Waals surface area contributed by atoms with E-state index in [1.165, 1.54) is 17.3 Å². The smallest absolute Gasteiger partial charge is 0.274 e. The minimum Gasteiger partial charge on any atom is -0.333 e. The molecule has 1 unspecified atom stereocenters. The average Bonchev–Trinajstić information content (AvgIpc) is 2.90. The number of amides is 1. The van der Waals surface area contributed by atoms with Gasteiger partial charge in [0.1, 0.15) is 5.69 Å². The highest BCUT2D eigenvalue weighted by molar-refractivity contribution is 5.92. The topological polar surface area (TPSA) is 46.1 Å². The molecule has 0 radical (unpaired) electrons. The van der Waals surface area contributed by atoms with Gasteiger partial charge in [-0.1, -0.05) is 24.3 Å². The molecule has 1 aliphatic carbocycles. The van der Waals surface area contributed by atoms with Crippen molar-refractivity contribution >= 4 is 5.91 Å². The van der Waals surface area contributed by atoms with E-state index in [2.05, 4.69) is 22.1 Å². The van der Waals surface area contributed by atoms with E-state index < -0.39 is 0 Å². The minimum atomic E-state index is -0.0743. The fraction of sp³-hybridized carbons (Fsp3) is 0.267. The summed E-state index contributed by atoms with van der Waals surface area (Å²) in [6.45, 7) is 0. The largest absolute Gasteiger partial charge is 0.333 e. The van der Waals surface area contributed by atoms with Crippen molar-refractivity contribution in [3.05, 3.63) is 59.7 Å². The van der Waals surface area contributed by atoms with Crippen molar-refractivity contribution < 1.29 is 4.79 Å². The molecule has 19 heavy (non-hydrogen) atoms. The summed E-state index contributed by atoms with van der Waals surface area (Å²) in [5, 5.41) is 0. The Morgan fingerprint density at radius 1 is 1.32 bits per heavy atom. The molecule has 0 saturated heterocycles. The van der Waals surface area contributed by atoms with Gasteiger partial charge in [0.15, 0.2) is 0 Å². The quantitative estimate of drug-likeness (QED) is 0.824. The van der Waals surface area contributed by atoms with Crippen molar-refractivity contribution in [1.82, 2.24) is 14.9 Å². The molecule has 1 atom stereocenters. The van der Waals surface area contributed by atoms with Gasteiger partial charge in [-0.15, -0.1) is 0 Å². The first-order valence-electron chi connectivity index (χ1n) is 6.38. The summed E-state index contributed by atoms with van der Waals surface area (Å²) in [6, 6.07) is 8.46.